The zero-order chi connectivity index (χ0) is 21.7. The monoisotopic (exact) mass is 454 g/mol. The maximum atomic E-state index is 14.2. The molecule has 3 rings (SSSR count). The van der Waals surface area contributed by atoms with Crippen molar-refractivity contribution in [1.82, 2.24) is 9.47 Å². The molecular weight excluding hydrogens is 435 g/mol. The number of esters is 1. The zero-order valence-electron chi connectivity index (χ0n) is 16.2. The fourth-order valence-corrected chi connectivity index (χ4v) is 4.14. The van der Waals surface area contributed by atoms with Crippen LogP contribution in [0.2, 0.25) is 5.02 Å². The molecule has 0 unspecified atom stereocenters. The van der Waals surface area contributed by atoms with Crippen LogP contribution in [0, 0.1) is 5.82 Å². The van der Waals surface area contributed by atoms with E-state index in [1.807, 2.05) is 0 Å². The van der Waals surface area contributed by atoms with E-state index in [0.717, 1.165) is 17.4 Å². The van der Waals surface area contributed by atoms with Crippen molar-refractivity contribution in [3.8, 4) is 0 Å². The van der Waals surface area contributed by atoms with Gasteiger partial charge in [0.25, 0.3) is 5.56 Å². The highest BCUT2D eigenvalue weighted by Crippen LogP contribution is 2.19. The van der Waals surface area contributed by atoms with Crippen LogP contribution < -0.4 is 14.8 Å². The summed E-state index contributed by atoms with van der Waals surface area (Å²) < 4.78 is 25.9. The number of ether oxygens (including phenoxy) is 2. The van der Waals surface area contributed by atoms with Crippen molar-refractivity contribution in [2.24, 2.45) is 0 Å². The van der Waals surface area contributed by atoms with Crippen molar-refractivity contribution in [3.63, 3.8) is 0 Å². The van der Waals surface area contributed by atoms with Gasteiger partial charge in [-0.2, -0.15) is 0 Å². The van der Waals surface area contributed by atoms with Crippen LogP contribution in [0.5, 0.6) is 0 Å². The number of nitrogens with zero attached hydrogens (tertiary/aromatic N) is 2. The molecular formula is C20H20ClFN2O5S. The SMILES string of the molecule is CCOC(=O)/C=c1\s/c(=C\c2c(F)cccc2Cl)c(=O)n1CC(=O)N1CCOCC1. The molecule has 0 bridgehead atoms. The van der Waals surface area contributed by atoms with Crippen molar-refractivity contribution < 1.29 is 23.5 Å². The molecule has 2 aromatic rings. The maximum Gasteiger partial charge on any atom is 0.333 e. The Morgan fingerprint density at radius 2 is 2.07 bits per heavy atom. The quantitative estimate of drug-likeness (QED) is 0.623. The number of hydrogen-bond acceptors (Lipinski definition) is 6. The summed E-state index contributed by atoms with van der Waals surface area (Å²) in [5.74, 6) is -1.49. The van der Waals surface area contributed by atoms with E-state index in [-0.39, 0.29) is 38.8 Å². The third kappa shape index (κ3) is 5.16. The summed E-state index contributed by atoms with van der Waals surface area (Å²) >= 11 is 7.02. The second kappa shape index (κ2) is 10.0. The Morgan fingerprint density at radius 3 is 2.73 bits per heavy atom. The molecule has 0 radical (unpaired) electrons. The molecule has 0 N–H and O–H groups in total. The smallest absolute Gasteiger partial charge is 0.333 e. The lowest BCUT2D eigenvalue weighted by atomic mass is 10.2. The van der Waals surface area contributed by atoms with Crippen molar-refractivity contribution in [2.75, 3.05) is 32.9 Å². The zero-order valence-corrected chi connectivity index (χ0v) is 17.8. The van der Waals surface area contributed by atoms with Gasteiger partial charge in [0.05, 0.1) is 35.5 Å². The highest BCUT2D eigenvalue weighted by molar-refractivity contribution is 7.07. The highest BCUT2D eigenvalue weighted by Gasteiger charge is 2.19. The first kappa shape index (κ1) is 22.2. The Labute approximate surface area is 180 Å². The summed E-state index contributed by atoms with van der Waals surface area (Å²) in [4.78, 5) is 39.2. The summed E-state index contributed by atoms with van der Waals surface area (Å²) in [6, 6.07) is 4.20. The van der Waals surface area contributed by atoms with E-state index in [9.17, 15) is 18.8 Å². The summed E-state index contributed by atoms with van der Waals surface area (Å²) in [6.45, 7) is 3.29. The second-order valence-electron chi connectivity index (χ2n) is 6.37. The standard InChI is InChI=1S/C20H20ClFN2O5S/c1-2-29-19(26)11-18-24(12-17(25)23-6-8-28-9-7-23)20(27)16(30-18)10-13-14(21)4-3-5-15(13)22/h3-5,10-11H,2,6-9,12H2,1H3/b16-10-,18-11-. The predicted octanol–water partition coefficient (Wildman–Crippen LogP) is 0.734. The molecule has 1 saturated heterocycles. The van der Waals surface area contributed by atoms with Crippen LogP contribution in [-0.4, -0.2) is 54.3 Å². The predicted molar refractivity (Wildman–Crippen MR) is 111 cm³/mol. The average molecular weight is 455 g/mol. The maximum absolute atomic E-state index is 14.2. The van der Waals surface area contributed by atoms with Gasteiger partial charge in [-0.3, -0.25) is 14.2 Å². The summed E-state index contributed by atoms with van der Waals surface area (Å²) in [5.41, 5.74) is -0.455. The highest BCUT2D eigenvalue weighted by atomic mass is 35.5. The molecule has 0 spiro atoms. The van der Waals surface area contributed by atoms with Crippen LogP contribution in [0.3, 0.4) is 0 Å². The van der Waals surface area contributed by atoms with Gasteiger partial charge >= 0.3 is 5.97 Å². The van der Waals surface area contributed by atoms with E-state index >= 15 is 0 Å². The molecule has 1 aromatic heterocycles. The minimum atomic E-state index is -0.637. The van der Waals surface area contributed by atoms with Gasteiger partial charge in [-0.05, 0) is 25.1 Å². The minimum absolute atomic E-state index is 0.0619. The van der Waals surface area contributed by atoms with Crippen molar-refractivity contribution in [2.45, 2.75) is 13.5 Å². The number of halogens is 2. The molecule has 160 valence electrons. The van der Waals surface area contributed by atoms with Gasteiger partial charge in [0.1, 0.15) is 17.0 Å². The first-order valence-corrected chi connectivity index (χ1v) is 10.5. The Kier molecular flexibility index (Phi) is 7.41. The fourth-order valence-electron chi connectivity index (χ4n) is 2.91. The molecule has 1 aliphatic rings. The molecule has 0 saturated carbocycles. The van der Waals surface area contributed by atoms with E-state index in [0.29, 0.717) is 26.3 Å². The number of thiazole rings is 1. The minimum Gasteiger partial charge on any atom is -0.463 e. The third-order valence-electron chi connectivity index (χ3n) is 4.40. The van der Waals surface area contributed by atoms with Crippen molar-refractivity contribution >= 4 is 47.0 Å². The third-order valence-corrected chi connectivity index (χ3v) is 5.79. The Balaban J connectivity index is 2.08. The summed E-state index contributed by atoms with van der Waals surface area (Å²) in [7, 11) is 0. The van der Waals surface area contributed by atoms with Crippen LogP contribution >= 0.6 is 22.9 Å². The number of rotatable bonds is 5. The number of carbonyl (C=O) groups excluding carboxylic acids is 2. The molecule has 7 nitrogen and oxygen atoms in total. The van der Waals surface area contributed by atoms with E-state index in [1.54, 1.807) is 11.8 Å². The van der Waals surface area contributed by atoms with E-state index in [4.69, 9.17) is 21.1 Å². The lowest BCUT2D eigenvalue weighted by molar-refractivity contribution is -0.136. The first-order chi connectivity index (χ1) is 14.4. The second-order valence-corrected chi connectivity index (χ2v) is 7.83. The molecule has 30 heavy (non-hydrogen) atoms. The summed E-state index contributed by atoms with van der Waals surface area (Å²) in [6.07, 6.45) is 2.48. The van der Waals surface area contributed by atoms with Crippen LogP contribution in [0.1, 0.15) is 12.5 Å². The van der Waals surface area contributed by atoms with Crippen LogP contribution in [0.25, 0.3) is 12.2 Å². The molecule has 2 heterocycles. The number of aromatic nitrogens is 1. The van der Waals surface area contributed by atoms with E-state index in [1.165, 1.54) is 28.8 Å². The van der Waals surface area contributed by atoms with Gasteiger partial charge in [-0.25, -0.2) is 9.18 Å². The van der Waals surface area contributed by atoms with Crippen molar-refractivity contribution in [1.29, 1.82) is 0 Å². The number of carbonyl (C=O) groups is 2. The van der Waals surface area contributed by atoms with Crippen LogP contribution in [0.15, 0.2) is 23.0 Å². The van der Waals surface area contributed by atoms with Gasteiger partial charge in [0, 0.05) is 18.7 Å². The fraction of sp³-hybridized carbons (Fsp3) is 0.350. The molecule has 1 aliphatic heterocycles. The molecule has 1 amide bonds. The van der Waals surface area contributed by atoms with Crippen LogP contribution in [0.4, 0.5) is 4.39 Å². The molecule has 1 aromatic carbocycles. The molecule has 10 heteroatoms. The van der Waals surface area contributed by atoms with E-state index < -0.39 is 17.3 Å². The number of benzene rings is 1. The van der Waals surface area contributed by atoms with Gasteiger partial charge < -0.3 is 14.4 Å². The number of morpholine rings is 1. The normalized spacial score (nSPS) is 15.5. The summed E-state index contributed by atoms with van der Waals surface area (Å²) in [5, 5.41) is 0.148. The molecule has 1 fully saturated rings. The molecule has 0 atom stereocenters. The molecule has 0 aliphatic carbocycles. The van der Waals surface area contributed by atoms with Crippen molar-refractivity contribution in [3.05, 3.63) is 54.2 Å². The largest absolute Gasteiger partial charge is 0.463 e. The lowest BCUT2D eigenvalue weighted by Gasteiger charge is -2.26. The Morgan fingerprint density at radius 1 is 1.33 bits per heavy atom. The van der Waals surface area contributed by atoms with Gasteiger partial charge in [0.15, 0.2) is 0 Å². The topological polar surface area (TPSA) is 77.8 Å². The number of amides is 1. The van der Waals surface area contributed by atoms with Crippen LogP contribution in [-0.2, 0) is 25.6 Å². The van der Waals surface area contributed by atoms with Gasteiger partial charge in [-0.15, -0.1) is 11.3 Å². The number of hydrogen-bond donors (Lipinski definition) is 0. The van der Waals surface area contributed by atoms with E-state index in [2.05, 4.69) is 0 Å². The lowest BCUT2D eigenvalue weighted by Crippen LogP contribution is -2.45. The van der Waals surface area contributed by atoms with Gasteiger partial charge in [-0.1, -0.05) is 17.7 Å². The van der Waals surface area contributed by atoms with Gasteiger partial charge in [0.2, 0.25) is 5.91 Å². The average Bonchev–Trinajstić information content (AvgIpc) is 3.00. The Bertz CT molecular complexity index is 1100. The first-order valence-electron chi connectivity index (χ1n) is 9.30. The Hall–Kier alpha value is -2.49.